The van der Waals surface area contributed by atoms with Crippen molar-refractivity contribution in [2.45, 2.75) is 37.8 Å². The average molecular weight is 655 g/mol. The zero-order valence-electron chi connectivity index (χ0n) is 28.2. The summed E-state index contributed by atoms with van der Waals surface area (Å²) >= 11 is 0. The molecule has 0 aromatic heterocycles. The van der Waals surface area contributed by atoms with E-state index in [1.54, 1.807) is 33.5 Å². The van der Waals surface area contributed by atoms with E-state index in [1.807, 2.05) is 24.3 Å². The first-order valence-electron chi connectivity index (χ1n) is 16.2. The van der Waals surface area contributed by atoms with Crippen LogP contribution in [0.2, 0.25) is 0 Å². The molecule has 0 amide bonds. The van der Waals surface area contributed by atoms with Gasteiger partial charge in [0.1, 0.15) is 0 Å². The second-order valence-corrected chi connectivity index (χ2v) is 13.0. The van der Waals surface area contributed by atoms with E-state index in [9.17, 15) is 20.4 Å². The van der Waals surface area contributed by atoms with E-state index in [0.717, 1.165) is 77.7 Å². The van der Waals surface area contributed by atoms with E-state index < -0.39 is 0 Å². The number of hydrogen-bond donors (Lipinski definition) is 4. The van der Waals surface area contributed by atoms with Crippen molar-refractivity contribution in [3.63, 3.8) is 0 Å². The standard InChI is InChI=1S/2C19H21NO4/c1-20-5-4-10-8-16(24-3)19(22)18-12-9-15(23-2)14(21)7-11(12)6-13(20)17(10)18;1-20-5-4-10-7-16(24-3)19(22)18-12-9-14(21)15(23-2)8-11(12)6-13(20)17(10)18/h2*7-9,13,21-22H,4-6H2,1-3H3/t2*13-/m00/s1. The maximum Gasteiger partial charge on any atom is 0.166 e. The first-order chi connectivity index (χ1) is 23.1. The molecule has 0 saturated carbocycles. The molecule has 2 aliphatic heterocycles. The fourth-order valence-electron chi connectivity index (χ4n) is 8.09. The summed E-state index contributed by atoms with van der Waals surface area (Å²) in [7, 11) is 10.4. The minimum Gasteiger partial charge on any atom is -0.504 e. The average Bonchev–Trinajstić information content (AvgIpc) is 3.08. The number of likely N-dealkylation sites (N-methyl/N-ethyl adjacent to an activating group) is 2. The molecule has 4 aromatic carbocycles. The molecule has 0 saturated heterocycles. The van der Waals surface area contributed by atoms with Crippen molar-refractivity contribution in [1.29, 1.82) is 0 Å². The quantitative estimate of drug-likeness (QED) is 0.217. The summed E-state index contributed by atoms with van der Waals surface area (Å²) in [5, 5.41) is 42.0. The Morgan fingerprint density at radius 2 is 0.917 bits per heavy atom. The number of rotatable bonds is 4. The van der Waals surface area contributed by atoms with Crippen LogP contribution in [0, 0.1) is 0 Å². The van der Waals surface area contributed by atoms with Gasteiger partial charge in [-0.25, -0.2) is 0 Å². The van der Waals surface area contributed by atoms with E-state index in [2.05, 4.69) is 23.9 Å². The van der Waals surface area contributed by atoms with Crippen LogP contribution in [0.5, 0.6) is 46.0 Å². The molecule has 4 aliphatic rings. The third-order valence-corrected chi connectivity index (χ3v) is 10.6. The van der Waals surface area contributed by atoms with Gasteiger partial charge in [-0.3, -0.25) is 9.80 Å². The van der Waals surface area contributed by atoms with Crippen molar-refractivity contribution in [2.75, 3.05) is 55.6 Å². The molecule has 2 aliphatic carbocycles. The van der Waals surface area contributed by atoms with E-state index in [4.69, 9.17) is 18.9 Å². The van der Waals surface area contributed by atoms with Crippen molar-refractivity contribution in [2.24, 2.45) is 0 Å². The lowest BCUT2D eigenvalue weighted by molar-refractivity contribution is 0.226. The second kappa shape index (κ2) is 12.0. The van der Waals surface area contributed by atoms with E-state index in [-0.39, 0.29) is 35.1 Å². The number of ether oxygens (including phenoxy) is 4. The first-order valence-corrected chi connectivity index (χ1v) is 16.2. The third kappa shape index (κ3) is 4.85. The number of methoxy groups -OCH3 is 4. The normalized spacial score (nSPS) is 18.7. The summed E-state index contributed by atoms with van der Waals surface area (Å²) < 4.78 is 21.3. The maximum atomic E-state index is 10.8. The number of benzene rings is 4. The molecule has 0 radical (unpaired) electrons. The van der Waals surface area contributed by atoms with Crippen molar-refractivity contribution in [3.05, 3.63) is 69.8 Å². The third-order valence-electron chi connectivity index (χ3n) is 10.6. The van der Waals surface area contributed by atoms with Crippen molar-refractivity contribution in [3.8, 4) is 68.2 Å². The lowest BCUT2D eigenvalue weighted by Gasteiger charge is -2.40. The minimum absolute atomic E-state index is 0.0785. The molecule has 48 heavy (non-hydrogen) atoms. The minimum atomic E-state index is 0.0785. The van der Waals surface area contributed by atoms with Crippen LogP contribution >= 0.6 is 0 Å². The molecule has 252 valence electrons. The van der Waals surface area contributed by atoms with Crippen molar-refractivity contribution < 1.29 is 39.4 Å². The SMILES string of the molecule is COc1cc2c(cc1O)-c1c(O)c(OC)cc3c1[C@H](C2)N(C)CC3.COc1cc2c(cc1O)C[C@H]1c3c(cc(OC)c(O)c3-2)CCN1C. The van der Waals surface area contributed by atoms with Gasteiger partial charge in [-0.05, 0) is 121 Å². The second-order valence-electron chi connectivity index (χ2n) is 13.0. The number of nitrogens with zero attached hydrogens (tertiary/aromatic N) is 2. The van der Waals surface area contributed by atoms with Crippen molar-refractivity contribution in [1.82, 2.24) is 9.80 Å². The Bertz CT molecular complexity index is 1940. The Hall–Kier alpha value is -4.80. The number of phenols is 4. The molecular formula is C38H42N2O8. The van der Waals surface area contributed by atoms with Crippen LogP contribution < -0.4 is 18.9 Å². The van der Waals surface area contributed by atoms with Crippen LogP contribution in [0.4, 0.5) is 0 Å². The molecule has 8 rings (SSSR count). The van der Waals surface area contributed by atoms with Crippen LogP contribution in [0.3, 0.4) is 0 Å². The van der Waals surface area contributed by atoms with Gasteiger partial charge in [0.2, 0.25) is 0 Å². The molecule has 2 atom stereocenters. The molecule has 4 aromatic rings. The van der Waals surface area contributed by atoms with E-state index in [1.165, 1.54) is 23.8 Å². The summed E-state index contributed by atoms with van der Waals surface area (Å²) in [5.41, 5.74) is 10.2. The molecular weight excluding hydrogens is 612 g/mol. The maximum absolute atomic E-state index is 10.8. The molecule has 10 nitrogen and oxygen atoms in total. The summed E-state index contributed by atoms with van der Waals surface area (Å²) in [6, 6.07) is 11.4. The summed E-state index contributed by atoms with van der Waals surface area (Å²) in [5.74, 6) is 2.34. The monoisotopic (exact) mass is 654 g/mol. The van der Waals surface area contributed by atoms with Gasteiger partial charge in [-0.15, -0.1) is 0 Å². The highest BCUT2D eigenvalue weighted by Crippen LogP contribution is 2.55. The predicted octanol–water partition coefficient (Wildman–Crippen LogP) is 5.73. The van der Waals surface area contributed by atoms with Crippen LogP contribution in [0.15, 0.2) is 36.4 Å². The van der Waals surface area contributed by atoms with Gasteiger partial charge >= 0.3 is 0 Å². The number of fused-ring (bicyclic) bond motifs is 4. The zero-order chi connectivity index (χ0) is 34.0. The highest BCUT2D eigenvalue weighted by Gasteiger charge is 2.38. The Morgan fingerprint density at radius 3 is 1.40 bits per heavy atom. The topological polar surface area (TPSA) is 124 Å². The summed E-state index contributed by atoms with van der Waals surface area (Å²) in [6.07, 6.45) is 3.48. The van der Waals surface area contributed by atoms with E-state index in [0.29, 0.717) is 23.0 Å². The number of hydrogen-bond acceptors (Lipinski definition) is 10. The van der Waals surface area contributed by atoms with Crippen LogP contribution in [-0.2, 0) is 25.7 Å². The first kappa shape index (κ1) is 31.8. The van der Waals surface area contributed by atoms with Gasteiger partial charge in [0, 0.05) is 36.3 Å². The molecule has 0 bridgehead atoms. The summed E-state index contributed by atoms with van der Waals surface area (Å²) in [6.45, 7) is 1.93. The van der Waals surface area contributed by atoms with Crippen LogP contribution in [0.25, 0.3) is 22.3 Å². The molecule has 0 fully saturated rings. The van der Waals surface area contributed by atoms with Gasteiger partial charge in [-0.2, -0.15) is 0 Å². The van der Waals surface area contributed by atoms with Gasteiger partial charge < -0.3 is 39.4 Å². The molecule has 0 spiro atoms. The molecule has 2 heterocycles. The van der Waals surface area contributed by atoms with Gasteiger partial charge in [0.15, 0.2) is 46.0 Å². The number of phenolic OH excluding ortho intramolecular Hbond substituents is 4. The number of aromatic hydroxyl groups is 4. The lowest BCUT2D eigenvalue weighted by Crippen LogP contribution is -2.35. The Morgan fingerprint density at radius 1 is 0.521 bits per heavy atom. The summed E-state index contributed by atoms with van der Waals surface area (Å²) in [4.78, 5) is 4.63. The highest BCUT2D eigenvalue weighted by molar-refractivity contribution is 5.86. The Kier molecular flexibility index (Phi) is 7.96. The van der Waals surface area contributed by atoms with Gasteiger partial charge in [-0.1, -0.05) is 0 Å². The van der Waals surface area contributed by atoms with Crippen LogP contribution in [-0.4, -0.2) is 85.8 Å². The lowest BCUT2D eigenvalue weighted by atomic mass is 9.76. The smallest absolute Gasteiger partial charge is 0.166 e. The van der Waals surface area contributed by atoms with Crippen molar-refractivity contribution >= 4 is 0 Å². The Labute approximate surface area is 280 Å². The van der Waals surface area contributed by atoms with Gasteiger partial charge in [0.25, 0.3) is 0 Å². The Balaban J connectivity index is 0.000000152. The van der Waals surface area contributed by atoms with Gasteiger partial charge in [0.05, 0.1) is 28.4 Å². The highest BCUT2D eigenvalue weighted by atomic mass is 16.5. The predicted molar refractivity (Wildman–Crippen MR) is 182 cm³/mol. The molecule has 0 unspecified atom stereocenters. The zero-order valence-corrected chi connectivity index (χ0v) is 28.2. The van der Waals surface area contributed by atoms with Crippen LogP contribution in [0.1, 0.15) is 45.5 Å². The van der Waals surface area contributed by atoms with E-state index >= 15 is 0 Å². The fraction of sp³-hybridized carbons (Fsp3) is 0.368. The molecule has 4 N–H and O–H groups in total. The molecule has 10 heteroatoms. The fourth-order valence-corrected chi connectivity index (χ4v) is 8.09. The largest absolute Gasteiger partial charge is 0.504 e.